The fourth-order valence-electron chi connectivity index (χ4n) is 2.30. The molecular formula is C18H20ClNO4S. The van der Waals surface area contributed by atoms with Gasteiger partial charge in [-0.05, 0) is 37.3 Å². The van der Waals surface area contributed by atoms with Crippen LogP contribution < -0.4 is 4.74 Å². The van der Waals surface area contributed by atoms with Crippen LogP contribution in [0.4, 0.5) is 0 Å². The molecule has 0 saturated carbocycles. The molecule has 2 aromatic carbocycles. The lowest BCUT2D eigenvalue weighted by atomic mass is 10.2. The molecule has 0 heterocycles. The first-order chi connectivity index (χ1) is 11.8. The second-order valence-electron chi connectivity index (χ2n) is 5.43. The Hall–Kier alpha value is -1.89. The number of aryl methyl sites for hydroxylation is 1. The van der Waals surface area contributed by atoms with E-state index in [0.717, 1.165) is 5.56 Å². The van der Waals surface area contributed by atoms with Gasteiger partial charge in [0.2, 0.25) is 10.0 Å². The van der Waals surface area contributed by atoms with Crippen molar-refractivity contribution in [2.75, 3.05) is 13.1 Å². The van der Waals surface area contributed by atoms with E-state index in [-0.39, 0.29) is 15.5 Å². The highest BCUT2D eigenvalue weighted by Gasteiger charge is 2.24. The minimum Gasteiger partial charge on any atom is -0.423 e. The van der Waals surface area contributed by atoms with Crippen molar-refractivity contribution in [3.05, 3.63) is 58.6 Å². The summed E-state index contributed by atoms with van der Waals surface area (Å²) in [5.41, 5.74) is 1.04. The molecule has 134 valence electrons. The van der Waals surface area contributed by atoms with Crippen LogP contribution in [0.25, 0.3) is 0 Å². The standard InChI is InChI=1S/C18H20ClNO4S/c1-4-20(5-2)25(22,23)15-10-11-17(19)16(12-15)18(21)24-14-8-6-13(3)7-9-14/h6-12H,4-5H2,1-3H3. The molecule has 0 aliphatic rings. The minimum absolute atomic E-state index is 0.00970. The molecule has 0 atom stereocenters. The Balaban J connectivity index is 2.35. The Morgan fingerprint density at radius 3 is 2.24 bits per heavy atom. The van der Waals surface area contributed by atoms with E-state index in [0.29, 0.717) is 18.8 Å². The van der Waals surface area contributed by atoms with Crippen molar-refractivity contribution in [3.8, 4) is 5.75 Å². The number of benzene rings is 2. The summed E-state index contributed by atoms with van der Waals surface area (Å²) in [6.45, 7) is 6.10. The highest BCUT2D eigenvalue weighted by atomic mass is 35.5. The third-order valence-corrected chi connectivity index (χ3v) is 6.11. The molecule has 25 heavy (non-hydrogen) atoms. The van der Waals surface area contributed by atoms with Crippen LogP contribution in [0.1, 0.15) is 29.8 Å². The molecule has 0 radical (unpaired) electrons. The lowest BCUT2D eigenvalue weighted by Gasteiger charge is -2.19. The van der Waals surface area contributed by atoms with Crippen molar-refractivity contribution in [1.29, 1.82) is 0 Å². The van der Waals surface area contributed by atoms with Gasteiger partial charge in [0.1, 0.15) is 5.75 Å². The minimum atomic E-state index is -3.69. The van der Waals surface area contributed by atoms with E-state index in [1.807, 2.05) is 19.1 Å². The van der Waals surface area contributed by atoms with Gasteiger partial charge in [-0.3, -0.25) is 0 Å². The first kappa shape index (κ1) is 19.4. The first-order valence-electron chi connectivity index (χ1n) is 7.88. The van der Waals surface area contributed by atoms with Gasteiger partial charge in [-0.2, -0.15) is 4.31 Å². The molecule has 0 aromatic heterocycles. The van der Waals surface area contributed by atoms with Crippen LogP contribution in [-0.2, 0) is 10.0 Å². The van der Waals surface area contributed by atoms with Crippen molar-refractivity contribution >= 4 is 27.6 Å². The molecule has 0 amide bonds. The van der Waals surface area contributed by atoms with E-state index < -0.39 is 16.0 Å². The number of hydrogen-bond acceptors (Lipinski definition) is 4. The zero-order chi connectivity index (χ0) is 18.6. The van der Waals surface area contributed by atoms with E-state index in [2.05, 4.69) is 0 Å². The van der Waals surface area contributed by atoms with Crippen LogP contribution in [0.3, 0.4) is 0 Å². The van der Waals surface area contributed by atoms with Gasteiger partial charge < -0.3 is 4.74 Å². The highest BCUT2D eigenvalue weighted by Crippen LogP contribution is 2.24. The number of halogens is 1. The van der Waals surface area contributed by atoms with E-state index in [1.165, 1.54) is 22.5 Å². The zero-order valence-electron chi connectivity index (χ0n) is 14.3. The molecule has 0 spiro atoms. The average Bonchev–Trinajstić information content (AvgIpc) is 2.58. The number of sulfonamides is 1. The monoisotopic (exact) mass is 381 g/mol. The van der Waals surface area contributed by atoms with Gasteiger partial charge in [-0.25, -0.2) is 13.2 Å². The Bertz CT molecular complexity index is 859. The third-order valence-electron chi connectivity index (χ3n) is 3.73. The van der Waals surface area contributed by atoms with Crippen LogP contribution >= 0.6 is 11.6 Å². The summed E-state index contributed by atoms with van der Waals surface area (Å²) in [7, 11) is -3.69. The molecule has 2 rings (SSSR count). The number of nitrogens with zero attached hydrogens (tertiary/aromatic N) is 1. The van der Waals surface area contributed by atoms with Crippen LogP contribution in [0.5, 0.6) is 5.75 Å². The number of hydrogen-bond donors (Lipinski definition) is 0. The molecule has 0 fully saturated rings. The number of esters is 1. The van der Waals surface area contributed by atoms with Crippen molar-refractivity contribution < 1.29 is 17.9 Å². The van der Waals surface area contributed by atoms with Gasteiger partial charge in [0.25, 0.3) is 0 Å². The number of carbonyl (C=O) groups excluding carboxylic acids is 1. The summed E-state index contributed by atoms with van der Waals surface area (Å²) in [5.74, 6) is -0.339. The Kier molecular flexibility index (Phi) is 6.21. The van der Waals surface area contributed by atoms with Gasteiger partial charge in [0.05, 0.1) is 15.5 Å². The van der Waals surface area contributed by atoms with Crippen molar-refractivity contribution in [2.24, 2.45) is 0 Å². The second kappa shape index (κ2) is 7.99. The number of ether oxygens (including phenoxy) is 1. The first-order valence-corrected chi connectivity index (χ1v) is 9.70. The summed E-state index contributed by atoms with van der Waals surface area (Å²) in [6, 6.07) is 11.0. The van der Waals surface area contributed by atoms with E-state index in [1.54, 1.807) is 26.0 Å². The molecule has 0 saturated heterocycles. The Morgan fingerprint density at radius 1 is 1.08 bits per heavy atom. The molecule has 2 aromatic rings. The van der Waals surface area contributed by atoms with Crippen LogP contribution in [0.2, 0.25) is 5.02 Å². The fourth-order valence-corrected chi connectivity index (χ4v) is 3.98. The zero-order valence-corrected chi connectivity index (χ0v) is 15.9. The lowest BCUT2D eigenvalue weighted by molar-refractivity contribution is 0.0734. The quantitative estimate of drug-likeness (QED) is 0.562. The Labute approximate surface area is 153 Å². The van der Waals surface area contributed by atoms with Crippen molar-refractivity contribution in [2.45, 2.75) is 25.7 Å². The van der Waals surface area contributed by atoms with E-state index >= 15 is 0 Å². The Morgan fingerprint density at radius 2 is 1.68 bits per heavy atom. The summed E-state index contributed by atoms with van der Waals surface area (Å²) in [6.07, 6.45) is 0. The van der Waals surface area contributed by atoms with Crippen molar-refractivity contribution in [1.82, 2.24) is 4.31 Å². The average molecular weight is 382 g/mol. The predicted octanol–water partition coefficient (Wildman–Crippen LogP) is 3.90. The molecular weight excluding hydrogens is 362 g/mol. The molecule has 0 N–H and O–H groups in total. The highest BCUT2D eigenvalue weighted by molar-refractivity contribution is 7.89. The maximum Gasteiger partial charge on any atom is 0.345 e. The maximum atomic E-state index is 12.6. The molecule has 0 aliphatic carbocycles. The second-order valence-corrected chi connectivity index (χ2v) is 7.78. The maximum absolute atomic E-state index is 12.6. The van der Waals surface area contributed by atoms with E-state index in [4.69, 9.17) is 16.3 Å². The summed E-state index contributed by atoms with van der Waals surface area (Å²) in [5, 5.41) is 0.135. The van der Waals surface area contributed by atoms with Gasteiger partial charge in [0.15, 0.2) is 0 Å². The third kappa shape index (κ3) is 4.39. The van der Waals surface area contributed by atoms with Crippen LogP contribution in [-0.4, -0.2) is 31.8 Å². The van der Waals surface area contributed by atoms with Crippen molar-refractivity contribution in [3.63, 3.8) is 0 Å². The number of rotatable bonds is 6. The van der Waals surface area contributed by atoms with Gasteiger partial charge in [-0.15, -0.1) is 0 Å². The van der Waals surface area contributed by atoms with Gasteiger partial charge >= 0.3 is 5.97 Å². The molecule has 0 bridgehead atoms. The molecule has 5 nitrogen and oxygen atoms in total. The normalized spacial score (nSPS) is 11.6. The lowest BCUT2D eigenvalue weighted by Crippen LogP contribution is -2.30. The SMILES string of the molecule is CCN(CC)S(=O)(=O)c1ccc(Cl)c(C(=O)Oc2ccc(C)cc2)c1. The molecule has 7 heteroatoms. The topological polar surface area (TPSA) is 63.7 Å². The largest absolute Gasteiger partial charge is 0.423 e. The van der Waals surface area contributed by atoms with Gasteiger partial charge in [-0.1, -0.05) is 43.1 Å². The van der Waals surface area contributed by atoms with Gasteiger partial charge in [0, 0.05) is 13.1 Å². The summed E-state index contributed by atoms with van der Waals surface area (Å²) in [4.78, 5) is 12.4. The summed E-state index contributed by atoms with van der Waals surface area (Å²) >= 11 is 6.07. The summed E-state index contributed by atoms with van der Waals surface area (Å²) < 4.78 is 31.8. The predicted molar refractivity (Wildman–Crippen MR) is 97.7 cm³/mol. The smallest absolute Gasteiger partial charge is 0.345 e. The van der Waals surface area contributed by atoms with Crippen LogP contribution in [0, 0.1) is 6.92 Å². The molecule has 0 aliphatic heterocycles. The molecule has 0 unspecified atom stereocenters. The number of carbonyl (C=O) groups is 1. The van der Waals surface area contributed by atoms with E-state index in [9.17, 15) is 13.2 Å². The fraction of sp³-hybridized carbons (Fsp3) is 0.278. The van der Waals surface area contributed by atoms with Crippen LogP contribution in [0.15, 0.2) is 47.4 Å².